The zero-order valence-corrected chi connectivity index (χ0v) is 14.0. The molecule has 0 saturated heterocycles. The van der Waals surface area contributed by atoms with Gasteiger partial charge in [-0.15, -0.1) is 0 Å². The average Bonchev–Trinajstić information content (AvgIpc) is 2.95. The molecule has 0 radical (unpaired) electrons. The number of nitrogens with zero attached hydrogens (tertiary/aromatic N) is 1. The van der Waals surface area contributed by atoms with E-state index in [0.717, 1.165) is 19.3 Å². The van der Waals surface area contributed by atoms with Crippen molar-refractivity contribution in [1.29, 1.82) is 0 Å². The van der Waals surface area contributed by atoms with Gasteiger partial charge < -0.3 is 14.6 Å². The first-order valence-corrected chi connectivity index (χ1v) is 8.88. The van der Waals surface area contributed by atoms with Crippen LogP contribution in [0.5, 0.6) is 0 Å². The largest absolute Gasteiger partial charge is 0.458 e. The summed E-state index contributed by atoms with van der Waals surface area (Å²) < 4.78 is 10.1. The zero-order valence-electron chi connectivity index (χ0n) is 14.0. The third kappa shape index (κ3) is 2.94. The van der Waals surface area contributed by atoms with Crippen LogP contribution in [-0.4, -0.2) is 23.6 Å². The van der Waals surface area contributed by atoms with Crippen molar-refractivity contribution in [3.63, 3.8) is 0 Å². The van der Waals surface area contributed by atoms with E-state index in [1.165, 1.54) is 19.3 Å². The minimum absolute atomic E-state index is 0.0517. The van der Waals surface area contributed by atoms with Gasteiger partial charge in [-0.05, 0) is 63.2 Å². The number of rotatable bonds is 5. The SMILES string of the molecule is Cc1cc(COC(=O)CNC(=O)C23CC4CC(CC(C4)C2)C3)no1. The molecule has 4 aliphatic rings. The molecule has 24 heavy (non-hydrogen) atoms. The van der Waals surface area contributed by atoms with Gasteiger partial charge in [0, 0.05) is 11.5 Å². The quantitative estimate of drug-likeness (QED) is 0.837. The van der Waals surface area contributed by atoms with Crippen LogP contribution in [0.4, 0.5) is 0 Å². The molecule has 1 aromatic rings. The van der Waals surface area contributed by atoms with Gasteiger partial charge in [0.2, 0.25) is 5.91 Å². The summed E-state index contributed by atoms with van der Waals surface area (Å²) in [6.45, 7) is 1.78. The van der Waals surface area contributed by atoms with Crippen molar-refractivity contribution in [3.05, 3.63) is 17.5 Å². The Morgan fingerprint density at radius 3 is 2.42 bits per heavy atom. The molecular formula is C18H24N2O4. The second-order valence-corrected chi connectivity index (χ2v) is 7.97. The van der Waals surface area contributed by atoms with Gasteiger partial charge in [-0.1, -0.05) is 5.16 Å². The monoisotopic (exact) mass is 332 g/mol. The summed E-state index contributed by atoms with van der Waals surface area (Å²) >= 11 is 0. The number of esters is 1. The number of hydrogen-bond acceptors (Lipinski definition) is 5. The molecule has 4 aliphatic carbocycles. The predicted octanol–water partition coefficient (Wildman–Crippen LogP) is 2.36. The number of ether oxygens (including phenoxy) is 1. The maximum Gasteiger partial charge on any atom is 0.325 e. The standard InChI is InChI=1S/C18H24N2O4/c1-11-2-15(20-24-11)10-23-16(21)9-19-17(22)18-6-12-3-13(7-18)5-14(4-12)8-18/h2,12-14H,3-10H2,1H3,(H,19,22). The number of amides is 1. The average molecular weight is 332 g/mol. The van der Waals surface area contributed by atoms with Crippen LogP contribution < -0.4 is 5.32 Å². The van der Waals surface area contributed by atoms with E-state index in [4.69, 9.17) is 9.26 Å². The van der Waals surface area contributed by atoms with Crippen molar-refractivity contribution in [3.8, 4) is 0 Å². The second kappa shape index (κ2) is 5.90. The number of hydrogen-bond donors (Lipinski definition) is 1. The summed E-state index contributed by atoms with van der Waals surface area (Å²) in [6, 6.07) is 1.72. The van der Waals surface area contributed by atoms with E-state index in [-0.39, 0.29) is 24.5 Å². The van der Waals surface area contributed by atoms with Gasteiger partial charge in [0.05, 0.1) is 0 Å². The topological polar surface area (TPSA) is 81.4 Å². The van der Waals surface area contributed by atoms with E-state index >= 15 is 0 Å². The van der Waals surface area contributed by atoms with Crippen molar-refractivity contribution >= 4 is 11.9 Å². The number of aryl methyl sites for hydroxylation is 1. The molecule has 1 aromatic heterocycles. The Morgan fingerprint density at radius 1 is 1.25 bits per heavy atom. The molecule has 130 valence electrons. The number of carbonyl (C=O) groups excluding carboxylic acids is 2. The van der Waals surface area contributed by atoms with Crippen LogP contribution in [0.2, 0.25) is 0 Å². The Kier molecular flexibility index (Phi) is 3.85. The Morgan fingerprint density at radius 2 is 1.88 bits per heavy atom. The fourth-order valence-electron chi connectivity index (χ4n) is 5.42. The molecule has 1 N–H and O–H groups in total. The molecule has 0 unspecified atom stereocenters. The molecule has 6 heteroatoms. The summed E-state index contributed by atoms with van der Waals surface area (Å²) in [6.07, 6.45) is 6.89. The first kappa shape index (κ1) is 15.7. The molecule has 0 spiro atoms. The lowest BCUT2D eigenvalue weighted by Gasteiger charge is -2.55. The molecule has 0 aromatic carbocycles. The minimum atomic E-state index is -0.436. The van der Waals surface area contributed by atoms with E-state index in [0.29, 0.717) is 29.2 Å². The van der Waals surface area contributed by atoms with Gasteiger partial charge in [0.1, 0.15) is 24.6 Å². The summed E-state index contributed by atoms with van der Waals surface area (Å²) in [4.78, 5) is 24.6. The van der Waals surface area contributed by atoms with Crippen molar-refractivity contribution in [1.82, 2.24) is 10.5 Å². The number of nitrogens with one attached hydrogen (secondary N) is 1. The third-order valence-corrected chi connectivity index (χ3v) is 5.97. The number of carbonyl (C=O) groups is 2. The fourth-order valence-corrected chi connectivity index (χ4v) is 5.42. The Balaban J connectivity index is 1.28. The van der Waals surface area contributed by atoms with Crippen LogP contribution in [0.1, 0.15) is 50.0 Å². The second-order valence-electron chi connectivity index (χ2n) is 7.97. The lowest BCUT2D eigenvalue weighted by Crippen LogP contribution is -2.54. The first-order chi connectivity index (χ1) is 11.5. The van der Waals surface area contributed by atoms with Gasteiger partial charge >= 0.3 is 5.97 Å². The summed E-state index contributed by atoms with van der Waals surface area (Å²) in [5, 5.41) is 6.59. The predicted molar refractivity (Wildman–Crippen MR) is 84.7 cm³/mol. The normalized spacial score (nSPS) is 33.5. The van der Waals surface area contributed by atoms with Gasteiger partial charge in [0.15, 0.2) is 0 Å². The highest BCUT2D eigenvalue weighted by Gasteiger charge is 2.54. The molecule has 1 heterocycles. The molecule has 4 fully saturated rings. The highest BCUT2D eigenvalue weighted by molar-refractivity contribution is 5.86. The van der Waals surface area contributed by atoms with Gasteiger partial charge in [-0.25, -0.2) is 0 Å². The molecule has 1 amide bonds. The van der Waals surface area contributed by atoms with E-state index in [1.807, 2.05) is 0 Å². The molecule has 4 saturated carbocycles. The van der Waals surface area contributed by atoms with Crippen molar-refractivity contribution in [2.24, 2.45) is 23.2 Å². The van der Waals surface area contributed by atoms with Crippen molar-refractivity contribution in [2.75, 3.05) is 6.54 Å². The summed E-state index contributed by atoms with van der Waals surface area (Å²) in [5.74, 6) is 2.43. The maximum atomic E-state index is 12.7. The highest BCUT2D eigenvalue weighted by Crippen LogP contribution is 2.60. The van der Waals surface area contributed by atoms with Crippen molar-refractivity contribution in [2.45, 2.75) is 52.1 Å². The maximum absolute atomic E-state index is 12.7. The molecular weight excluding hydrogens is 308 g/mol. The molecule has 0 aliphatic heterocycles. The molecule has 6 nitrogen and oxygen atoms in total. The lowest BCUT2D eigenvalue weighted by molar-refractivity contribution is -0.151. The van der Waals surface area contributed by atoms with E-state index < -0.39 is 5.97 Å². The minimum Gasteiger partial charge on any atom is -0.458 e. The van der Waals surface area contributed by atoms with E-state index in [1.54, 1.807) is 13.0 Å². The summed E-state index contributed by atoms with van der Waals surface area (Å²) in [5.41, 5.74) is 0.353. The van der Waals surface area contributed by atoms with Gasteiger partial charge in [0.25, 0.3) is 0 Å². The molecule has 4 bridgehead atoms. The van der Waals surface area contributed by atoms with Crippen molar-refractivity contribution < 1.29 is 18.8 Å². The Bertz CT molecular complexity index is 616. The summed E-state index contributed by atoms with van der Waals surface area (Å²) in [7, 11) is 0. The first-order valence-electron chi connectivity index (χ1n) is 8.88. The lowest BCUT2D eigenvalue weighted by atomic mass is 9.49. The van der Waals surface area contributed by atoms with E-state index in [9.17, 15) is 9.59 Å². The van der Waals surface area contributed by atoms with Crippen LogP contribution in [0.15, 0.2) is 10.6 Å². The van der Waals surface area contributed by atoms with Crippen LogP contribution in [-0.2, 0) is 20.9 Å². The van der Waals surface area contributed by atoms with Crippen LogP contribution in [0, 0.1) is 30.1 Å². The highest BCUT2D eigenvalue weighted by atomic mass is 16.5. The molecule has 5 rings (SSSR count). The zero-order chi connectivity index (χ0) is 16.7. The van der Waals surface area contributed by atoms with Crippen LogP contribution in [0.3, 0.4) is 0 Å². The Labute approximate surface area is 141 Å². The Hall–Kier alpha value is -1.85. The smallest absolute Gasteiger partial charge is 0.325 e. The third-order valence-electron chi connectivity index (χ3n) is 5.97. The van der Waals surface area contributed by atoms with Gasteiger partial charge in [-0.3, -0.25) is 9.59 Å². The van der Waals surface area contributed by atoms with Crippen LogP contribution >= 0.6 is 0 Å². The fraction of sp³-hybridized carbons (Fsp3) is 0.722. The number of aromatic nitrogens is 1. The molecule has 0 atom stereocenters. The van der Waals surface area contributed by atoms with Gasteiger partial charge in [-0.2, -0.15) is 0 Å². The van der Waals surface area contributed by atoms with E-state index in [2.05, 4.69) is 10.5 Å². The van der Waals surface area contributed by atoms with Crippen LogP contribution in [0.25, 0.3) is 0 Å².